The van der Waals surface area contributed by atoms with Crippen molar-refractivity contribution in [1.29, 1.82) is 0 Å². The highest BCUT2D eigenvalue weighted by Gasteiger charge is 2.40. The fourth-order valence-electron chi connectivity index (χ4n) is 3.27. The summed E-state index contributed by atoms with van der Waals surface area (Å²) in [6.45, 7) is 0.522. The number of aromatic amines is 1. The average Bonchev–Trinajstić information content (AvgIpc) is 3.26. The van der Waals surface area contributed by atoms with Crippen LogP contribution in [0.5, 0.6) is 5.75 Å². The van der Waals surface area contributed by atoms with Crippen LogP contribution in [0.1, 0.15) is 24.4 Å². The molecule has 0 saturated heterocycles. The van der Waals surface area contributed by atoms with E-state index in [1.807, 2.05) is 0 Å². The molecule has 9 heteroatoms. The number of H-pyrrole nitrogens is 1. The third-order valence-corrected chi connectivity index (χ3v) is 4.53. The molecule has 0 amide bonds. The van der Waals surface area contributed by atoms with Crippen LogP contribution in [0.3, 0.4) is 0 Å². The summed E-state index contributed by atoms with van der Waals surface area (Å²) >= 11 is 0. The molecular weight excluding hydrogens is 359 g/mol. The van der Waals surface area contributed by atoms with Gasteiger partial charge in [0.15, 0.2) is 5.69 Å². The SMILES string of the molecule is COc1ccc(Nc2ncc(-c3c(C(F)(F)F)nc4n3CCCC4)[nH]2)cc1. The second kappa shape index (κ2) is 6.64. The van der Waals surface area contributed by atoms with E-state index in [0.29, 0.717) is 36.2 Å². The summed E-state index contributed by atoms with van der Waals surface area (Å²) in [5, 5.41) is 3.04. The number of aryl methyl sites for hydroxylation is 1. The Morgan fingerprint density at radius 3 is 2.67 bits per heavy atom. The van der Waals surface area contributed by atoms with Crippen molar-refractivity contribution in [3.63, 3.8) is 0 Å². The van der Waals surface area contributed by atoms with Gasteiger partial charge in [-0.2, -0.15) is 13.2 Å². The summed E-state index contributed by atoms with van der Waals surface area (Å²) in [5.74, 6) is 1.54. The lowest BCUT2D eigenvalue weighted by Crippen LogP contribution is -2.12. The Balaban J connectivity index is 1.67. The molecular formula is C18H18F3N5O. The highest BCUT2D eigenvalue weighted by atomic mass is 19.4. The van der Waals surface area contributed by atoms with Crippen molar-refractivity contribution in [3.05, 3.63) is 42.0 Å². The van der Waals surface area contributed by atoms with E-state index in [1.165, 1.54) is 6.20 Å². The summed E-state index contributed by atoms with van der Waals surface area (Å²) in [4.78, 5) is 11.0. The number of nitrogens with zero attached hydrogens (tertiary/aromatic N) is 3. The van der Waals surface area contributed by atoms with E-state index in [-0.39, 0.29) is 5.69 Å². The number of rotatable bonds is 4. The lowest BCUT2D eigenvalue weighted by Gasteiger charge is -2.16. The topological polar surface area (TPSA) is 67.8 Å². The van der Waals surface area contributed by atoms with Gasteiger partial charge in [0, 0.05) is 18.7 Å². The van der Waals surface area contributed by atoms with Gasteiger partial charge in [0.1, 0.15) is 11.6 Å². The maximum Gasteiger partial charge on any atom is 0.435 e. The third-order valence-electron chi connectivity index (χ3n) is 4.53. The molecule has 2 aromatic heterocycles. The van der Waals surface area contributed by atoms with E-state index in [1.54, 1.807) is 35.9 Å². The number of alkyl halides is 3. The summed E-state index contributed by atoms with van der Waals surface area (Å²) in [6, 6.07) is 7.15. The average molecular weight is 377 g/mol. The molecule has 3 heterocycles. The first-order valence-electron chi connectivity index (χ1n) is 8.59. The van der Waals surface area contributed by atoms with Crippen molar-refractivity contribution in [1.82, 2.24) is 19.5 Å². The van der Waals surface area contributed by atoms with Crippen molar-refractivity contribution in [2.45, 2.75) is 32.0 Å². The number of halogens is 3. The predicted octanol–water partition coefficient (Wildman–Crippen LogP) is 4.38. The molecule has 0 atom stereocenters. The van der Waals surface area contributed by atoms with E-state index in [0.717, 1.165) is 18.5 Å². The zero-order valence-electron chi connectivity index (χ0n) is 14.6. The molecule has 142 valence electrons. The Morgan fingerprint density at radius 2 is 1.96 bits per heavy atom. The molecule has 1 aromatic carbocycles. The van der Waals surface area contributed by atoms with Gasteiger partial charge in [0.2, 0.25) is 5.95 Å². The zero-order valence-corrected chi connectivity index (χ0v) is 14.6. The Hall–Kier alpha value is -2.97. The number of benzene rings is 1. The normalized spacial score (nSPS) is 14.1. The van der Waals surface area contributed by atoms with Gasteiger partial charge in [-0.15, -0.1) is 0 Å². The summed E-state index contributed by atoms with van der Waals surface area (Å²) in [6.07, 6.45) is -0.887. The Kier molecular flexibility index (Phi) is 4.29. The van der Waals surface area contributed by atoms with E-state index < -0.39 is 11.9 Å². The van der Waals surface area contributed by atoms with Crippen LogP contribution in [0.15, 0.2) is 30.5 Å². The van der Waals surface area contributed by atoms with Gasteiger partial charge >= 0.3 is 6.18 Å². The van der Waals surface area contributed by atoms with Gasteiger partial charge in [-0.1, -0.05) is 0 Å². The van der Waals surface area contributed by atoms with Crippen LogP contribution in [-0.2, 0) is 19.1 Å². The highest BCUT2D eigenvalue weighted by molar-refractivity contribution is 5.63. The minimum absolute atomic E-state index is 0.0486. The molecule has 0 aliphatic carbocycles. The third kappa shape index (κ3) is 3.36. The molecule has 6 nitrogen and oxygen atoms in total. The summed E-state index contributed by atoms with van der Waals surface area (Å²) < 4.78 is 47.3. The first-order chi connectivity index (χ1) is 13.0. The first-order valence-corrected chi connectivity index (χ1v) is 8.59. The molecule has 0 bridgehead atoms. The largest absolute Gasteiger partial charge is 0.497 e. The Labute approximate surface area is 153 Å². The second-order valence-corrected chi connectivity index (χ2v) is 6.33. The highest BCUT2D eigenvalue weighted by Crippen LogP contribution is 2.38. The number of nitrogens with one attached hydrogen (secondary N) is 2. The molecule has 27 heavy (non-hydrogen) atoms. The molecule has 0 unspecified atom stereocenters. The van der Waals surface area contributed by atoms with E-state index in [9.17, 15) is 13.2 Å². The van der Waals surface area contributed by atoms with Crippen LogP contribution >= 0.6 is 0 Å². The zero-order chi connectivity index (χ0) is 19.0. The van der Waals surface area contributed by atoms with Crippen LogP contribution in [0.4, 0.5) is 24.8 Å². The molecule has 0 saturated carbocycles. The number of ether oxygens (including phenoxy) is 1. The Morgan fingerprint density at radius 1 is 1.19 bits per heavy atom. The van der Waals surface area contributed by atoms with Gasteiger partial charge < -0.3 is 19.6 Å². The second-order valence-electron chi connectivity index (χ2n) is 6.33. The van der Waals surface area contributed by atoms with E-state index in [2.05, 4.69) is 20.3 Å². The van der Waals surface area contributed by atoms with Crippen molar-refractivity contribution >= 4 is 11.6 Å². The van der Waals surface area contributed by atoms with Gasteiger partial charge in [-0.3, -0.25) is 0 Å². The maximum atomic E-state index is 13.5. The van der Waals surface area contributed by atoms with Gasteiger partial charge in [0.05, 0.1) is 24.7 Å². The van der Waals surface area contributed by atoms with Crippen molar-refractivity contribution in [2.75, 3.05) is 12.4 Å². The smallest absolute Gasteiger partial charge is 0.435 e. The first kappa shape index (κ1) is 17.4. The quantitative estimate of drug-likeness (QED) is 0.708. The molecule has 0 fully saturated rings. The molecule has 4 rings (SSSR count). The van der Waals surface area contributed by atoms with E-state index in [4.69, 9.17) is 4.74 Å². The number of methoxy groups -OCH3 is 1. The monoisotopic (exact) mass is 377 g/mol. The number of anilines is 2. The number of imidazole rings is 2. The minimum Gasteiger partial charge on any atom is -0.497 e. The van der Waals surface area contributed by atoms with Crippen molar-refractivity contribution < 1.29 is 17.9 Å². The molecule has 1 aliphatic heterocycles. The van der Waals surface area contributed by atoms with Crippen molar-refractivity contribution in [2.24, 2.45) is 0 Å². The van der Waals surface area contributed by atoms with Crippen LogP contribution in [-0.4, -0.2) is 26.6 Å². The molecule has 0 radical (unpaired) electrons. The van der Waals surface area contributed by atoms with Gasteiger partial charge in [-0.25, -0.2) is 9.97 Å². The number of fused-ring (bicyclic) bond motifs is 1. The molecule has 0 spiro atoms. The fourth-order valence-corrected chi connectivity index (χ4v) is 3.27. The van der Waals surface area contributed by atoms with Gasteiger partial charge in [-0.05, 0) is 37.1 Å². The number of hydrogen-bond donors (Lipinski definition) is 2. The van der Waals surface area contributed by atoms with Crippen LogP contribution in [0.25, 0.3) is 11.4 Å². The lowest BCUT2D eigenvalue weighted by atomic mass is 10.1. The Bertz CT molecular complexity index is 943. The van der Waals surface area contributed by atoms with Gasteiger partial charge in [0.25, 0.3) is 0 Å². The number of hydrogen-bond acceptors (Lipinski definition) is 4. The predicted molar refractivity (Wildman–Crippen MR) is 94.0 cm³/mol. The lowest BCUT2D eigenvalue weighted by molar-refractivity contribution is -0.140. The van der Waals surface area contributed by atoms with Crippen LogP contribution < -0.4 is 10.1 Å². The van der Waals surface area contributed by atoms with E-state index >= 15 is 0 Å². The molecule has 1 aliphatic rings. The fraction of sp³-hybridized carbons (Fsp3) is 0.333. The number of aromatic nitrogens is 4. The molecule has 3 aromatic rings. The standard InChI is InChI=1S/C18H18F3N5O/c1-27-12-7-5-11(6-8-12)23-17-22-10-13(24-17)15-16(18(19,20)21)25-14-4-2-3-9-26(14)15/h5-8,10H,2-4,9H2,1H3,(H2,22,23,24). The minimum atomic E-state index is -4.52. The van der Waals surface area contributed by atoms with Crippen LogP contribution in [0, 0.1) is 0 Å². The van der Waals surface area contributed by atoms with Crippen LogP contribution in [0.2, 0.25) is 0 Å². The van der Waals surface area contributed by atoms with Crippen molar-refractivity contribution in [3.8, 4) is 17.1 Å². The maximum absolute atomic E-state index is 13.5. The summed E-state index contributed by atoms with van der Waals surface area (Å²) in [7, 11) is 1.58. The molecule has 2 N–H and O–H groups in total. The summed E-state index contributed by atoms with van der Waals surface area (Å²) in [5.41, 5.74) is 0.216.